The highest BCUT2D eigenvalue weighted by Gasteiger charge is 2.14. The van der Waals surface area contributed by atoms with Gasteiger partial charge in [0, 0.05) is 7.11 Å². The molecule has 0 aromatic carbocycles. The van der Waals surface area contributed by atoms with Crippen LogP contribution in [0.2, 0.25) is 0 Å². The average Bonchev–Trinajstić information content (AvgIpc) is 2.05. The van der Waals surface area contributed by atoms with E-state index in [0.717, 1.165) is 19.3 Å². The summed E-state index contributed by atoms with van der Waals surface area (Å²) in [6.07, 6.45) is 5.08. The Hall–Kier alpha value is -0.340. The van der Waals surface area contributed by atoms with Gasteiger partial charge in [-0.2, -0.15) is 0 Å². The van der Waals surface area contributed by atoms with Gasteiger partial charge in [-0.15, -0.1) is 0 Å². The largest absolute Gasteiger partial charge is 0.392 e. The van der Waals surface area contributed by atoms with E-state index in [0.29, 0.717) is 0 Å². The highest BCUT2D eigenvalue weighted by molar-refractivity contribution is 4.97. The number of ether oxygens (including phenoxy) is 1. The Labute approximate surface area is 81.6 Å². The molecular formula is C11H22O2. The quantitative estimate of drug-likeness (QED) is 0.646. The second kappa shape index (κ2) is 6.17. The summed E-state index contributed by atoms with van der Waals surface area (Å²) >= 11 is 0. The van der Waals surface area contributed by atoms with Gasteiger partial charge in [0.15, 0.2) is 0 Å². The van der Waals surface area contributed by atoms with Crippen LogP contribution in [-0.4, -0.2) is 24.4 Å². The SMILES string of the molecule is COC(C)(C)CCCC(C)=CCO. The molecule has 0 aliphatic rings. The number of aliphatic hydroxyl groups excluding tert-OH is 1. The molecule has 2 nitrogen and oxygen atoms in total. The van der Waals surface area contributed by atoms with Gasteiger partial charge >= 0.3 is 0 Å². The molecule has 78 valence electrons. The van der Waals surface area contributed by atoms with E-state index in [-0.39, 0.29) is 12.2 Å². The molecule has 0 amide bonds. The van der Waals surface area contributed by atoms with Crippen LogP contribution < -0.4 is 0 Å². The van der Waals surface area contributed by atoms with Crippen molar-refractivity contribution < 1.29 is 9.84 Å². The Kier molecular flexibility index (Phi) is 6.00. The average molecular weight is 186 g/mol. The van der Waals surface area contributed by atoms with E-state index in [2.05, 4.69) is 20.8 Å². The van der Waals surface area contributed by atoms with Crippen molar-refractivity contribution in [2.24, 2.45) is 0 Å². The third-order valence-electron chi connectivity index (χ3n) is 2.34. The van der Waals surface area contributed by atoms with Gasteiger partial charge in [0.1, 0.15) is 0 Å². The third-order valence-corrected chi connectivity index (χ3v) is 2.34. The van der Waals surface area contributed by atoms with Crippen molar-refractivity contribution >= 4 is 0 Å². The van der Waals surface area contributed by atoms with E-state index in [1.54, 1.807) is 7.11 Å². The molecule has 0 radical (unpaired) electrons. The standard InChI is InChI=1S/C11H22O2/c1-10(7-9-12)6-5-8-11(2,3)13-4/h7,12H,5-6,8-9H2,1-4H3. The first kappa shape index (κ1) is 12.7. The fourth-order valence-corrected chi connectivity index (χ4v) is 1.15. The van der Waals surface area contributed by atoms with Crippen LogP contribution in [-0.2, 0) is 4.74 Å². The fraction of sp³-hybridized carbons (Fsp3) is 0.818. The molecule has 0 unspecified atom stereocenters. The van der Waals surface area contributed by atoms with Gasteiger partial charge in [0.05, 0.1) is 12.2 Å². The number of allylic oxidation sites excluding steroid dienone is 1. The van der Waals surface area contributed by atoms with Gasteiger partial charge in [-0.3, -0.25) is 0 Å². The summed E-state index contributed by atoms with van der Waals surface area (Å²) in [5.74, 6) is 0. The molecule has 0 heterocycles. The van der Waals surface area contributed by atoms with Crippen LogP contribution in [0.1, 0.15) is 40.0 Å². The van der Waals surface area contributed by atoms with Crippen LogP contribution in [0.25, 0.3) is 0 Å². The molecule has 0 aliphatic heterocycles. The first-order chi connectivity index (χ1) is 6.02. The van der Waals surface area contributed by atoms with Crippen LogP contribution in [0.4, 0.5) is 0 Å². The van der Waals surface area contributed by atoms with E-state index in [1.807, 2.05) is 6.08 Å². The Morgan fingerprint density at radius 1 is 1.46 bits per heavy atom. The summed E-state index contributed by atoms with van der Waals surface area (Å²) in [6.45, 7) is 6.39. The van der Waals surface area contributed by atoms with Crippen LogP contribution in [0.5, 0.6) is 0 Å². The molecular weight excluding hydrogens is 164 g/mol. The maximum absolute atomic E-state index is 8.64. The zero-order chi connectivity index (χ0) is 10.3. The lowest BCUT2D eigenvalue weighted by Crippen LogP contribution is -2.21. The van der Waals surface area contributed by atoms with Crippen LogP contribution in [0.3, 0.4) is 0 Å². The Morgan fingerprint density at radius 3 is 2.54 bits per heavy atom. The van der Waals surface area contributed by atoms with E-state index >= 15 is 0 Å². The van der Waals surface area contributed by atoms with Crippen molar-refractivity contribution in [3.8, 4) is 0 Å². The lowest BCUT2D eigenvalue weighted by Gasteiger charge is -2.22. The topological polar surface area (TPSA) is 29.5 Å². The second-order valence-corrected chi connectivity index (χ2v) is 4.05. The normalized spacial score (nSPS) is 13.5. The summed E-state index contributed by atoms with van der Waals surface area (Å²) in [6, 6.07) is 0. The third kappa shape index (κ3) is 6.79. The highest BCUT2D eigenvalue weighted by atomic mass is 16.5. The summed E-state index contributed by atoms with van der Waals surface area (Å²) < 4.78 is 5.31. The number of methoxy groups -OCH3 is 1. The predicted molar refractivity (Wildman–Crippen MR) is 55.8 cm³/mol. The monoisotopic (exact) mass is 186 g/mol. The number of hydrogen-bond donors (Lipinski definition) is 1. The van der Waals surface area contributed by atoms with Crippen LogP contribution in [0.15, 0.2) is 11.6 Å². The van der Waals surface area contributed by atoms with Crippen molar-refractivity contribution in [1.82, 2.24) is 0 Å². The molecule has 0 saturated carbocycles. The second-order valence-electron chi connectivity index (χ2n) is 4.05. The molecule has 0 atom stereocenters. The molecule has 13 heavy (non-hydrogen) atoms. The molecule has 0 saturated heterocycles. The first-order valence-corrected chi connectivity index (χ1v) is 4.83. The summed E-state index contributed by atoms with van der Waals surface area (Å²) in [4.78, 5) is 0. The fourth-order valence-electron chi connectivity index (χ4n) is 1.15. The van der Waals surface area contributed by atoms with Crippen molar-refractivity contribution in [1.29, 1.82) is 0 Å². The Bertz CT molecular complexity index is 159. The van der Waals surface area contributed by atoms with Gasteiger partial charge in [0.2, 0.25) is 0 Å². The molecule has 1 N–H and O–H groups in total. The van der Waals surface area contributed by atoms with Gasteiger partial charge in [0.25, 0.3) is 0 Å². The van der Waals surface area contributed by atoms with Gasteiger partial charge in [-0.25, -0.2) is 0 Å². The highest BCUT2D eigenvalue weighted by Crippen LogP contribution is 2.18. The van der Waals surface area contributed by atoms with Crippen molar-refractivity contribution in [3.05, 3.63) is 11.6 Å². The summed E-state index contributed by atoms with van der Waals surface area (Å²) in [5.41, 5.74) is 1.24. The Balaban J connectivity index is 3.62. The molecule has 0 rings (SSSR count). The van der Waals surface area contributed by atoms with Crippen LogP contribution >= 0.6 is 0 Å². The van der Waals surface area contributed by atoms with Gasteiger partial charge in [-0.1, -0.05) is 11.6 Å². The Morgan fingerprint density at radius 2 is 2.08 bits per heavy atom. The summed E-state index contributed by atoms with van der Waals surface area (Å²) in [5, 5.41) is 8.64. The minimum Gasteiger partial charge on any atom is -0.392 e. The van der Waals surface area contributed by atoms with Crippen molar-refractivity contribution in [3.63, 3.8) is 0 Å². The molecule has 2 heteroatoms. The minimum atomic E-state index is -0.0144. The molecule has 0 fully saturated rings. The van der Waals surface area contributed by atoms with Crippen LogP contribution in [0, 0.1) is 0 Å². The van der Waals surface area contributed by atoms with Gasteiger partial charge in [-0.05, 0) is 40.0 Å². The van der Waals surface area contributed by atoms with Gasteiger partial charge < -0.3 is 9.84 Å². The van der Waals surface area contributed by atoms with E-state index < -0.39 is 0 Å². The lowest BCUT2D eigenvalue weighted by molar-refractivity contribution is 0.0140. The van der Waals surface area contributed by atoms with Crippen molar-refractivity contribution in [2.45, 2.75) is 45.6 Å². The number of aliphatic hydroxyl groups is 1. The molecule has 0 aromatic heterocycles. The predicted octanol–water partition coefficient (Wildman–Crippen LogP) is 2.52. The van der Waals surface area contributed by atoms with E-state index in [4.69, 9.17) is 9.84 Å². The zero-order valence-corrected chi connectivity index (χ0v) is 9.26. The zero-order valence-electron chi connectivity index (χ0n) is 9.26. The molecule has 0 bridgehead atoms. The molecule has 0 aromatic rings. The minimum absolute atomic E-state index is 0.0144. The number of hydrogen-bond acceptors (Lipinski definition) is 2. The van der Waals surface area contributed by atoms with E-state index in [9.17, 15) is 0 Å². The summed E-state index contributed by atoms with van der Waals surface area (Å²) in [7, 11) is 1.75. The van der Waals surface area contributed by atoms with Crippen molar-refractivity contribution in [2.75, 3.05) is 13.7 Å². The lowest BCUT2D eigenvalue weighted by atomic mass is 9.99. The maximum atomic E-state index is 8.64. The molecule has 0 aliphatic carbocycles. The number of rotatable bonds is 6. The van der Waals surface area contributed by atoms with E-state index in [1.165, 1.54) is 5.57 Å². The molecule has 0 spiro atoms. The first-order valence-electron chi connectivity index (χ1n) is 4.83. The smallest absolute Gasteiger partial charge is 0.0622 e. The maximum Gasteiger partial charge on any atom is 0.0622 e.